The highest BCUT2D eigenvalue weighted by molar-refractivity contribution is 6.07. The van der Waals surface area contributed by atoms with E-state index in [0.29, 0.717) is 52.6 Å². The molecule has 0 N–H and O–H groups in total. The van der Waals surface area contributed by atoms with E-state index in [2.05, 4.69) is 16.7 Å². The normalized spacial score (nSPS) is 16.6. The van der Waals surface area contributed by atoms with Gasteiger partial charge in [-0.15, -0.1) is 0 Å². The highest BCUT2D eigenvalue weighted by Crippen LogP contribution is 2.24. The molecule has 0 saturated carbocycles. The van der Waals surface area contributed by atoms with E-state index in [9.17, 15) is 9.59 Å². The molecule has 2 saturated heterocycles. The predicted molar refractivity (Wildman–Crippen MR) is 135 cm³/mol. The smallest absolute Gasteiger partial charge is 0.256 e. The minimum Gasteiger partial charge on any atom is -0.378 e. The van der Waals surface area contributed by atoms with Crippen LogP contribution in [0.4, 0.5) is 0 Å². The third-order valence-electron chi connectivity index (χ3n) is 6.96. The van der Waals surface area contributed by atoms with Crippen LogP contribution in [0.3, 0.4) is 0 Å². The van der Waals surface area contributed by atoms with Crippen LogP contribution < -0.4 is 0 Å². The monoisotopic (exact) mass is 475 g/mol. The number of aromatic nitrogens is 1. The maximum absolute atomic E-state index is 13.2. The summed E-state index contributed by atoms with van der Waals surface area (Å²) in [5.41, 5.74) is 3.76. The number of hydrogen-bond donors (Lipinski definition) is 0. The van der Waals surface area contributed by atoms with E-state index in [0.717, 1.165) is 53.4 Å². The average Bonchev–Trinajstić information content (AvgIpc) is 3.30. The van der Waals surface area contributed by atoms with Crippen LogP contribution in [0.2, 0.25) is 0 Å². The van der Waals surface area contributed by atoms with Crippen molar-refractivity contribution in [3.8, 4) is 0 Å². The summed E-state index contributed by atoms with van der Waals surface area (Å²) in [6.45, 7) is 5.82. The molecule has 0 spiro atoms. The molecule has 5 rings (SSSR count). The summed E-state index contributed by atoms with van der Waals surface area (Å²) >= 11 is 0. The number of benzene rings is 2. The van der Waals surface area contributed by atoms with Crippen LogP contribution in [0.15, 0.2) is 54.7 Å². The Bertz CT molecular complexity index is 1180. The van der Waals surface area contributed by atoms with E-state index in [-0.39, 0.29) is 11.8 Å². The van der Waals surface area contributed by atoms with Gasteiger partial charge in [-0.05, 0) is 37.0 Å². The Balaban J connectivity index is 1.24. The number of aryl methyl sites for hydroxylation is 2. The average molecular weight is 476 g/mol. The van der Waals surface area contributed by atoms with Gasteiger partial charge in [-0.2, -0.15) is 0 Å². The fourth-order valence-corrected chi connectivity index (χ4v) is 5.02. The molecule has 2 amide bonds. The largest absolute Gasteiger partial charge is 0.378 e. The van der Waals surface area contributed by atoms with Crippen molar-refractivity contribution in [3.63, 3.8) is 0 Å². The zero-order chi connectivity index (χ0) is 24.0. The standard InChI is InChI=1S/C28H33N3O4/c32-27(29-13-17-34-18-14-29)23-9-2-1-7-22(23)8-5-6-12-31-21-25(24-10-3-4-11-26(24)31)28(33)30-15-19-35-20-16-30/h1-4,7,9-11,21H,5-6,8,12-20H2. The molecule has 0 aliphatic carbocycles. The van der Waals surface area contributed by atoms with Crippen molar-refractivity contribution in [1.82, 2.24) is 14.4 Å². The van der Waals surface area contributed by atoms with E-state index in [4.69, 9.17) is 9.47 Å². The van der Waals surface area contributed by atoms with Crippen molar-refractivity contribution in [2.45, 2.75) is 25.8 Å². The minimum atomic E-state index is 0.0822. The first-order chi connectivity index (χ1) is 17.2. The minimum absolute atomic E-state index is 0.0822. The van der Waals surface area contributed by atoms with Gasteiger partial charge in [0.1, 0.15) is 0 Å². The van der Waals surface area contributed by atoms with Gasteiger partial charge in [0, 0.05) is 55.4 Å². The number of nitrogens with zero attached hydrogens (tertiary/aromatic N) is 3. The zero-order valence-electron chi connectivity index (χ0n) is 20.2. The van der Waals surface area contributed by atoms with E-state index in [1.54, 1.807) is 0 Å². The van der Waals surface area contributed by atoms with Crippen molar-refractivity contribution in [2.24, 2.45) is 0 Å². The quantitative estimate of drug-likeness (QED) is 0.490. The van der Waals surface area contributed by atoms with Gasteiger partial charge < -0.3 is 23.8 Å². The van der Waals surface area contributed by atoms with E-state index >= 15 is 0 Å². The van der Waals surface area contributed by atoms with Crippen molar-refractivity contribution in [3.05, 3.63) is 71.4 Å². The molecular formula is C28H33N3O4. The second-order valence-electron chi connectivity index (χ2n) is 9.18. The van der Waals surface area contributed by atoms with Gasteiger partial charge in [-0.25, -0.2) is 0 Å². The number of rotatable bonds is 7. The van der Waals surface area contributed by atoms with Crippen LogP contribution in [0.1, 0.15) is 39.1 Å². The molecule has 0 unspecified atom stereocenters. The highest BCUT2D eigenvalue weighted by Gasteiger charge is 2.23. The van der Waals surface area contributed by atoms with Gasteiger partial charge in [0.25, 0.3) is 11.8 Å². The third-order valence-corrected chi connectivity index (χ3v) is 6.96. The number of amides is 2. The van der Waals surface area contributed by atoms with Crippen molar-refractivity contribution in [2.75, 3.05) is 52.6 Å². The summed E-state index contributed by atoms with van der Waals surface area (Å²) in [5.74, 6) is 0.186. The lowest BCUT2D eigenvalue weighted by Gasteiger charge is -2.27. The Kier molecular flexibility index (Phi) is 7.45. The molecule has 3 aromatic rings. The lowest BCUT2D eigenvalue weighted by Crippen LogP contribution is -2.41. The Morgan fingerprint density at radius 3 is 2.03 bits per heavy atom. The Morgan fingerprint density at radius 1 is 0.714 bits per heavy atom. The second kappa shape index (κ2) is 11.1. The van der Waals surface area contributed by atoms with Crippen molar-refractivity contribution in [1.29, 1.82) is 0 Å². The number of morpholine rings is 2. The number of ether oxygens (including phenoxy) is 2. The van der Waals surface area contributed by atoms with Gasteiger partial charge in [0.15, 0.2) is 0 Å². The third kappa shape index (κ3) is 5.26. The highest BCUT2D eigenvalue weighted by atomic mass is 16.5. The number of hydrogen-bond acceptors (Lipinski definition) is 4. The number of carbonyl (C=O) groups excluding carboxylic acids is 2. The first-order valence-corrected chi connectivity index (χ1v) is 12.6. The fraction of sp³-hybridized carbons (Fsp3) is 0.429. The topological polar surface area (TPSA) is 64.0 Å². The van der Waals surface area contributed by atoms with Gasteiger partial charge >= 0.3 is 0 Å². The zero-order valence-corrected chi connectivity index (χ0v) is 20.2. The molecule has 1 aromatic heterocycles. The summed E-state index contributed by atoms with van der Waals surface area (Å²) in [4.78, 5) is 30.0. The molecular weight excluding hydrogens is 442 g/mol. The number of unbranched alkanes of at least 4 members (excludes halogenated alkanes) is 1. The Labute approximate surface area is 206 Å². The second-order valence-corrected chi connectivity index (χ2v) is 9.18. The maximum atomic E-state index is 13.2. The summed E-state index contributed by atoms with van der Waals surface area (Å²) in [5, 5.41) is 1.01. The van der Waals surface area contributed by atoms with E-state index < -0.39 is 0 Å². The first-order valence-electron chi connectivity index (χ1n) is 12.6. The SMILES string of the molecule is O=C(c1ccccc1CCCCn1cc(C(=O)N2CCOCC2)c2ccccc21)N1CCOCC1. The number of fused-ring (bicyclic) bond motifs is 1. The Hall–Kier alpha value is -3.16. The molecule has 2 aliphatic heterocycles. The molecule has 35 heavy (non-hydrogen) atoms. The summed E-state index contributed by atoms with van der Waals surface area (Å²) in [6, 6.07) is 16.1. The van der Waals surface area contributed by atoms with E-state index in [1.807, 2.05) is 52.4 Å². The van der Waals surface area contributed by atoms with E-state index in [1.165, 1.54) is 0 Å². The van der Waals surface area contributed by atoms with Crippen LogP contribution in [0.25, 0.3) is 10.9 Å². The van der Waals surface area contributed by atoms with Gasteiger partial charge in [-0.3, -0.25) is 9.59 Å². The van der Waals surface area contributed by atoms with Crippen LogP contribution in [-0.2, 0) is 22.4 Å². The lowest BCUT2D eigenvalue weighted by molar-refractivity contribution is 0.0301. The lowest BCUT2D eigenvalue weighted by atomic mass is 10.0. The molecule has 2 fully saturated rings. The fourth-order valence-electron chi connectivity index (χ4n) is 5.02. The predicted octanol–water partition coefficient (Wildman–Crippen LogP) is 3.61. The number of carbonyl (C=O) groups is 2. The molecule has 2 aromatic carbocycles. The molecule has 7 nitrogen and oxygen atoms in total. The van der Waals surface area contributed by atoms with Crippen LogP contribution >= 0.6 is 0 Å². The summed E-state index contributed by atoms with van der Waals surface area (Å²) in [6.07, 6.45) is 4.79. The van der Waals surface area contributed by atoms with Crippen LogP contribution in [0, 0.1) is 0 Å². The van der Waals surface area contributed by atoms with Crippen LogP contribution in [-0.4, -0.2) is 78.8 Å². The molecule has 0 radical (unpaired) electrons. The molecule has 184 valence electrons. The summed E-state index contributed by atoms with van der Waals surface area (Å²) in [7, 11) is 0. The molecule has 0 bridgehead atoms. The number of para-hydroxylation sites is 1. The summed E-state index contributed by atoms with van der Waals surface area (Å²) < 4.78 is 13.0. The molecule has 7 heteroatoms. The van der Waals surface area contributed by atoms with Gasteiger partial charge in [-0.1, -0.05) is 36.4 Å². The Morgan fingerprint density at radius 2 is 1.31 bits per heavy atom. The molecule has 2 aliphatic rings. The maximum Gasteiger partial charge on any atom is 0.256 e. The van der Waals surface area contributed by atoms with Gasteiger partial charge in [0.2, 0.25) is 0 Å². The molecule has 3 heterocycles. The van der Waals surface area contributed by atoms with Crippen molar-refractivity contribution >= 4 is 22.7 Å². The molecule has 0 atom stereocenters. The first kappa shape index (κ1) is 23.6. The van der Waals surface area contributed by atoms with Crippen LogP contribution in [0.5, 0.6) is 0 Å². The van der Waals surface area contributed by atoms with Gasteiger partial charge in [0.05, 0.1) is 32.0 Å². The van der Waals surface area contributed by atoms with Crippen molar-refractivity contribution < 1.29 is 19.1 Å².